The first-order valence-electron chi connectivity index (χ1n) is 11.4. The van der Waals surface area contributed by atoms with Crippen LogP contribution in [0.25, 0.3) is 0 Å². The number of benzene rings is 2. The third kappa shape index (κ3) is 7.19. The fraction of sp³-hybridized carbons (Fsp3) is 0.480. The van der Waals surface area contributed by atoms with Crippen molar-refractivity contribution in [3.63, 3.8) is 0 Å². The number of nitrogens with one attached hydrogen (secondary N) is 2. The van der Waals surface area contributed by atoms with Crippen molar-refractivity contribution >= 4 is 17.8 Å². The smallest absolute Gasteiger partial charge is 0.315 e. The maximum absolute atomic E-state index is 11.6. The van der Waals surface area contributed by atoms with Gasteiger partial charge in [-0.05, 0) is 23.6 Å². The lowest BCUT2D eigenvalue weighted by Gasteiger charge is -2.41. The van der Waals surface area contributed by atoms with Crippen LogP contribution in [-0.4, -0.2) is 47.0 Å². The Bertz CT molecular complexity index is 862. The zero-order valence-electron chi connectivity index (χ0n) is 19.2. The van der Waals surface area contributed by atoms with Gasteiger partial charge in [-0.2, -0.15) is 11.8 Å². The molecule has 2 aromatic carbocycles. The van der Waals surface area contributed by atoms with Crippen molar-refractivity contribution in [3.05, 3.63) is 70.8 Å². The Hall–Kier alpha value is -2.10. The lowest BCUT2D eigenvalue weighted by Crippen LogP contribution is -2.38. The third-order valence-electron chi connectivity index (χ3n) is 5.68. The molecule has 3 rings (SSSR count). The number of carbonyl (C=O) groups is 1. The Morgan fingerprint density at radius 3 is 2.27 bits per heavy atom. The Morgan fingerprint density at radius 1 is 0.970 bits per heavy atom. The first-order chi connectivity index (χ1) is 16.0. The van der Waals surface area contributed by atoms with Crippen LogP contribution in [0.5, 0.6) is 0 Å². The van der Waals surface area contributed by atoms with Crippen LogP contribution in [0.2, 0.25) is 0 Å². The Kier molecular flexibility index (Phi) is 10.0. The van der Waals surface area contributed by atoms with E-state index in [9.17, 15) is 9.90 Å². The maximum Gasteiger partial charge on any atom is 0.315 e. The van der Waals surface area contributed by atoms with Crippen molar-refractivity contribution in [1.82, 2.24) is 10.6 Å². The first kappa shape index (κ1) is 25.5. The fourth-order valence-electron chi connectivity index (χ4n) is 3.77. The molecule has 180 valence electrons. The first-order valence-corrected chi connectivity index (χ1v) is 12.5. The number of hydrogen-bond donors (Lipinski definition) is 4. The molecule has 7 nitrogen and oxygen atoms in total. The molecule has 0 radical (unpaired) electrons. The zero-order valence-corrected chi connectivity index (χ0v) is 20.0. The topological polar surface area (TPSA) is 100 Å². The van der Waals surface area contributed by atoms with Crippen LogP contribution in [0.4, 0.5) is 4.79 Å². The summed E-state index contributed by atoms with van der Waals surface area (Å²) in [4.78, 5) is 11.6. The van der Waals surface area contributed by atoms with Crippen LogP contribution in [0.15, 0.2) is 48.5 Å². The van der Waals surface area contributed by atoms with E-state index in [1.54, 1.807) is 11.8 Å². The molecule has 1 aliphatic heterocycles. The van der Waals surface area contributed by atoms with Crippen molar-refractivity contribution in [1.29, 1.82) is 0 Å². The Labute approximate surface area is 199 Å². The number of carbonyl (C=O) groups excluding carboxylic acids is 1. The molecule has 4 unspecified atom stereocenters. The van der Waals surface area contributed by atoms with Gasteiger partial charge in [0.1, 0.15) is 0 Å². The number of aliphatic hydroxyl groups is 2. The summed E-state index contributed by atoms with van der Waals surface area (Å²) in [6.07, 6.45) is -0.717. The van der Waals surface area contributed by atoms with Gasteiger partial charge >= 0.3 is 6.03 Å². The summed E-state index contributed by atoms with van der Waals surface area (Å²) in [7, 11) is 0. The number of aliphatic hydroxyl groups excluding tert-OH is 2. The van der Waals surface area contributed by atoms with Gasteiger partial charge in [-0.3, -0.25) is 0 Å². The Balaban J connectivity index is 1.74. The van der Waals surface area contributed by atoms with Gasteiger partial charge in [0.25, 0.3) is 0 Å². The van der Waals surface area contributed by atoms with Crippen molar-refractivity contribution in [3.8, 4) is 0 Å². The van der Waals surface area contributed by atoms with E-state index in [0.29, 0.717) is 18.8 Å². The summed E-state index contributed by atoms with van der Waals surface area (Å²) < 4.78 is 12.8. The highest BCUT2D eigenvalue weighted by molar-refractivity contribution is 7.99. The molecule has 0 bridgehead atoms. The van der Waals surface area contributed by atoms with E-state index < -0.39 is 6.29 Å². The van der Waals surface area contributed by atoms with E-state index in [0.717, 1.165) is 28.0 Å². The van der Waals surface area contributed by atoms with Gasteiger partial charge in [-0.25, -0.2) is 4.79 Å². The largest absolute Gasteiger partial charge is 0.396 e. The molecule has 0 aliphatic carbocycles. The number of amides is 2. The molecule has 1 saturated heterocycles. The highest BCUT2D eigenvalue weighted by Gasteiger charge is 2.38. The van der Waals surface area contributed by atoms with E-state index in [-0.39, 0.29) is 37.4 Å². The van der Waals surface area contributed by atoms with E-state index in [1.165, 1.54) is 0 Å². The second kappa shape index (κ2) is 13.0. The van der Waals surface area contributed by atoms with E-state index >= 15 is 0 Å². The summed E-state index contributed by atoms with van der Waals surface area (Å²) in [6.45, 7) is 5.18. The molecule has 33 heavy (non-hydrogen) atoms. The van der Waals surface area contributed by atoms with Gasteiger partial charge < -0.3 is 30.3 Å². The summed E-state index contributed by atoms with van der Waals surface area (Å²) in [5, 5.41) is 24.1. The van der Waals surface area contributed by atoms with Crippen molar-refractivity contribution < 1.29 is 24.5 Å². The molecule has 1 fully saturated rings. The van der Waals surface area contributed by atoms with Crippen LogP contribution in [0.1, 0.15) is 48.5 Å². The average Bonchev–Trinajstić information content (AvgIpc) is 2.84. The lowest BCUT2D eigenvalue weighted by molar-refractivity contribution is -0.268. The fourth-order valence-corrected chi connectivity index (χ4v) is 4.68. The normalized spacial score (nSPS) is 22.7. The molecule has 1 heterocycles. The predicted octanol–water partition coefficient (Wildman–Crippen LogP) is 3.51. The van der Waals surface area contributed by atoms with Gasteiger partial charge in [-0.15, -0.1) is 0 Å². The second-order valence-electron chi connectivity index (χ2n) is 8.08. The molecular weight excluding hydrogens is 440 g/mol. The van der Waals surface area contributed by atoms with Crippen LogP contribution in [-0.2, 0) is 22.6 Å². The summed E-state index contributed by atoms with van der Waals surface area (Å²) in [5.41, 5.74) is 3.81. The molecule has 0 spiro atoms. The van der Waals surface area contributed by atoms with Crippen LogP contribution in [0.3, 0.4) is 0 Å². The third-order valence-corrected chi connectivity index (χ3v) is 6.72. The van der Waals surface area contributed by atoms with Gasteiger partial charge in [0.05, 0.1) is 25.4 Å². The molecule has 2 amide bonds. The van der Waals surface area contributed by atoms with E-state index in [4.69, 9.17) is 14.6 Å². The summed E-state index contributed by atoms with van der Waals surface area (Å²) in [6, 6.07) is 15.5. The van der Waals surface area contributed by atoms with Gasteiger partial charge in [0.15, 0.2) is 6.29 Å². The molecule has 1 aliphatic rings. The summed E-state index contributed by atoms with van der Waals surface area (Å²) in [5.74, 6) is 1.55. The summed E-state index contributed by atoms with van der Waals surface area (Å²) >= 11 is 1.67. The SMILES string of the molecule is CCNC(=O)NCc1ccc(C2OC(CSCCO)C(C)C(c3ccc(CO)cc3)O2)cc1. The minimum atomic E-state index is -0.520. The van der Waals surface area contributed by atoms with Crippen LogP contribution >= 0.6 is 11.8 Å². The molecular formula is C25H34N2O5S. The van der Waals surface area contributed by atoms with Crippen molar-refractivity contribution in [2.45, 2.75) is 45.5 Å². The monoisotopic (exact) mass is 474 g/mol. The number of thioether (sulfide) groups is 1. The van der Waals surface area contributed by atoms with Gasteiger partial charge in [0, 0.05) is 36.1 Å². The predicted molar refractivity (Wildman–Crippen MR) is 130 cm³/mol. The minimum absolute atomic E-state index is 0.00876. The quantitative estimate of drug-likeness (QED) is 0.393. The standard InChI is InChI=1S/C25H34N2O5S/c1-3-26-25(30)27-14-18-4-10-21(11-5-18)24-31-22(16-33-13-12-28)17(2)23(32-24)20-8-6-19(15-29)7-9-20/h4-11,17,22-24,28-29H,3,12-16H2,1-2H3,(H2,26,27,30). The minimum Gasteiger partial charge on any atom is -0.396 e. The molecule has 2 aromatic rings. The van der Waals surface area contributed by atoms with Crippen LogP contribution < -0.4 is 10.6 Å². The van der Waals surface area contributed by atoms with Gasteiger partial charge in [0.2, 0.25) is 0 Å². The number of rotatable bonds is 10. The number of ether oxygens (including phenoxy) is 2. The van der Waals surface area contributed by atoms with Crippen molar-refractivity contribution in [2.75, 3.05) is 24.7 Å². The molecule has 4 atom stereocenters. The highest BCUT2D eigenvalue weighted by Crippen LogP contribution is 2.42. The highest BCUT2D eigenvalue weighted by atomic mass is 32.2. The number of hydrogen-bond acceptors (Lipinski definition) is 6. The van der Waals surface area contributed by atoms with Gasteiger partial charge in [-0.1, -0.05) is 55.5 Å². The van der Waals surface area contributed by atoms with Crippen LogP contribution in [0, 0.1) is 5.92 Å². The average molecular weight is 475 g/mol. The maximum atomic E-state index is 11.6. The molecule has 4 N–H and O–H groups in total. The van der Waals surface area contributed by atoms with Crippen molar-refractivity contribution in [2.24, 2.45) is 5.92 Å². The molecule has 0 saturated carbocycles. The van der Waals surface area contributed by atoms with E-state index in [1.807, 2.05) is 55.5 Å². The molecule has 8 heteroatoms. The molecule has 0 aromatic heterocycles. The van der Waals surface area contributed by atoms with E-state index in [2.05, 4.69) is 17.6 Å². The zero-order chi connectivity index (χ0) is 23.6. The lowest BCUT2D eigenvalue weighted by atomic mass is 9.91. The number of urea groups is 1. The second-order valence-corrected chi connectivity index (χ2v) is 9.22. The Morgan fingerprint density at radius 2 is 1.64 bits per heavy atom.